The van der Waals surface area contributed by atoms with Gasteiger partial charge in [-0.25, -0.2) is 0 Å². The summed E-state index contributed by atoms with van der Waals surface area (Å²) in [6.07, 6.45) is 0. The predicted molar refractivity (Wildman–Crippen MR) is 98.4 cm³/mol. The quantitative estimate of drug-likeness (QED) is 0.512. The van der Waals surface area contributed by atoms with E-state index in [9.17, 15) is 20.2 Å². The van der Waals surface area contributed by atoms with Gasteiger partial charge in [-0.3, -0.25) is 30.7 Å². The van der Waals surface area contributed by atoms with Crippen molar-refractivity contribution in [1.82, 2.24) is 0 Å². The molecule has 130 valence electrons. The summed E-state index contributed by atoms with van der Waals surface area (Å²) >= 11 is 0. The zero-order valence-corrected chi connectivity index (χ0v) is 13.5. The standard InChI is InChI=1S/C18H14N4O4/c23-21(24)17-13-7-12-16(18(17)22(25)26)19-20(14-8-3-1-4-9-14)15-10-5-2-6-11-15/h1-13,19H. The van der Waals surface area contributed by atoms with Crippen LogP contribution in [0.3, 0.4) is 0 Å². The molecule has 26 heavy (non-hydrogen) atoms. The van der Waals surface area contributed by atoms with E-state index in [0.29, 0.717) is 0 Å². The summed E-state index contributed by atoms with van der Waals surface area (Å²) < 4.78 is 0. The number of para-hydroxylation sites is 3. The molecule has 0 bridgehead atoms. The van der Waals surface area contributed by atoms with Crippen LogP contribution in [0.2, 0.25) is 0 Å². The lowest BCUT2D eigenvalue weighted by molar-refractivity contribution is -0.421. The van der Waals surface area contributed by atoms with Crippen LogP contribution in [0.15, 0.2) is 78.9 Å². The van der Waals surface area contributed by atoms with Crippen molar-refractivity contribution in [3.8, 4) is 0 Å². The van der Waals surface area contributed by atoms with Crippen LogP contribution in [-0.2, 0) is 0 Å². The Balaban J connectivity index is 2.10. The van der Waals surface area contributed by atoms with E-state index >= 15 is 0 Å². The Bertz CT molecular complexity index is 893. The van der Waals surface area contributed by atoms with E-state index in [1.165, 1.54) is 12.1 Å². The molecule has 0 spiro atoms. The van der Waals surface area contributed by atoms with Gasteiger partial charge in [-0.05, 0) is 30.3 Å². The number of benzene rings is 3. The van der Waals surface area contributed by atoms with Crippen LogP contribution >= 0.6 is 0 Å². The minimum Gasteiger partial charge on any atom is -0.287 e. The van der Waals surface area contributed by atoms with Gasteiger partial charge < -0.3 is 0 Å². The average molecular weight is 350 g/mol. The molecule has 0 aliphatic carbocycles. The molecule has 1 N–H and O–H groups in total. The second-order valence-corrected chi connectivity index (χ2v) is 5.31. The van der Waals surface area contributed by atoms with Gasteiger partial charge in [-0.2, -0.15) is 0 Å². The molecule has 0 heterocycles. The fourth-order valence-corrected chi connectivity index (χ4v) is 2.51. The minimum atomic E-state index is -0.765. The molecule has 8 nitrogen and oxygen atoms in total. The smallest absolute Gasteiger partial charge is 0.287 e. The molecule has 3 aromatic rings. The van der Waals surface area contributed by atoms with Gasteiger partial charge in [-0.1, -0.05) is 42.5 Å². The number of nitrogens with zero attached hydrogens (tertiary/aromatic N) is 3. The number of anilines is 3. The largest absolute Gasteiger partial charge is 0.370 e. The Morgan fingerprint density at radius 1 is 0.692 bits per heavy atom. The molecule has 8 heteroatoms. The number of nitro groups is 2. The zero-order valence-electron chi connectivity index (χ0n) is 13.5. The molecule has 0 saturated heterocycles. The highest BCUT2D eigenvalue weighted by Crippen LogP contribution is 2.36. The van der Waals surface area contributed by atoms with Crippen molar-refractivity contribution in [3.05, 3.63) is 99.1 Å². The molecule has 3 rings (SSSR count). The van der Waals surface area contributed by atoms with Gasteiger partial charge in [0.2, 0.25) is 0 Å². The van der Waals surface area contributed by atoms with E-state index in [0.717, 1.165) is 17.4 Å². The maximum atomic E-state index is 11.4. The van der Waals surface area contributed by atoms with Crippen molar-refractivity contribution in [3.63, 3.8) is 0 Å². The van der Waals surface area contributed by atoms with Crippen molar-refractivity contribution in [2.75, 3.05) is 10.4 Å². The Labute approximate surface area is 148 Å². The lowest BCUT2D eigenvalue weighted by atomic mass is 10.2. The molecule has 0 fully saturated rings. The molecule has 0 unspecified atom stereocenters. The SMILES string of the molecule is O=[N+]([O-])c1cccc(NN(c2ccccc2)c2ccccc2)c1[N+](=O)[O-]. The monoisotopic (exact) mass is 350 g/mol. The maximum Gasteiger partial charge on any atom is 0.370 e. The Kier molecular flexibility index (Phi) is 4.75. The third-order valence-electron chi connectivity index (χ3n) is 3.66. The van der Waals surface area contributed by atoms with Crippen molar-refractivity contribution in [2.24, 2.45) is 0 Å². The molecular formula is C18H14N4O4. The molecule has 3 aromatic carbocycles. The highest BCUT2D eigenvalue weighted by Gasteiger charge is 2.29. The molecular weight excluding hydrogens is 336 g/mol. The molecule has 0 aliphatic rings. The second kappa shape index (κ2) is 7.31. The van der Waals surface area contributed by atoms with Crippen molar-refractivity contribution < 1.29 is 9.85 Å². The Morgan fingerprint density at radius 2 is 1.23 bits per heavy atom. The van der Waals surface area contributed by atoms with Crippen LogP contribution in [0.1, 0.15) is 0 Å². The van der Waals surface area contributed by atoms with Gasteiger partial charge in [0, 0.05) is 6.07 Å². The van der Waals surface area contributed by atoms with Crippen LogP contribution in [0.4, 0.5) is 28.4 Å². The van der Waals surface area contributed by atoms with Crippen LogP contribution in [0.5, 0.6) is 0 Å². The van der Waals surface area contributed by atoms with E-state index in [1.807, 2.05) is 60.7 Å². The summed E-state index contributed by atoms with van der Waals surface area (Å²) in [5.41, 5.74) is 3.26. The maximum absolute atomic E-state index is 11.4. The first-order valence-corrected chi connectivity index (χ1v) is 7.66. The van der Waals surface area contributed by atoms with Gasteiger partial charge >= 0.3 is 11.4 Å². The van der Waals surface area contributed by atoms with Crippen LogP contribution in [-0.4, -0.2) is 9.85 Å². The molecule has 0 radical (unpaired) electrons. The topological polar surface area (TPSA) is 102 Å². The summed E-state index contributed by atoms with van der Waals surface area (Å²) in [6.45, 7) is 0. The van der Waals surface area contributed by atoms with Gasteiger partial charge in [0.15, 0.2) is 0 Å². The summed E-state index contributed by atoms with van der Waals surface area (Å²) in [5.74, 6) is 0. The average Bonchev–Trinajstić information content (AvgIpc) is 2.67. The van der Waals surface area contributed by atoms with Crippen molar-refractivity contribution in [2.45, 2.75) is 0 Å². The summed E-state index contributed by atoms with van der Waals surface area (Å²) in [6, 6.07) is 22.3. The summed E-state index contributed by atoms with van der Waals surface area (Å²) in [4.78, 5) is 21.1. The van der Waals surface area contributed by atoms with E-state index in [2.05, 4.69) is 5.43 Å². The number of rotatable bonds is 6. The molecule has 0 aliphatic heterocycles. The van der Waals surface area contributed by atoms with Crippen LogP contribution in [0.25, 0.3) is 0 Å². The van der Waals surface area contributed by atoms with E-state index in [-0.39, 0.29) is 5.69 Å². The van der Waals surface area contributed by atoms with Crippen LogP contribution in [0, 0.1) is 20.2 Å². The fraction of sp³-hybridized carbons (Fsp3) is 0. The summed E-state index contributed by atoms with van der Waals surface area (Å²) in [5, 5.41) is 24.2. The van der Waals surface area contributed by atoms with E-state index in [4.69, 9.17) is 0 Å². The number of nitro benzene ring substituents is 2. The van der Waals surface area contributed by atoms with E-state index in [1.54, 1.807) is 5.01 Å². The molecule has 0 atom stereocenters. The van der Waals surface area contributed by atoms with Gasteiger partial charge in [0.25, 0.3) is 0 Å². The van der Waals surface area contributed by atoms with Gasteiger partial charge in [0.1, 0.15) is 5.69 Å². The van der Waals surface area contributed by atoms with Crippen molar-refractivity contribution in [1.29, 1.82) is 0 Å². The predicted octanol–water partition coefficient (Wildman–Crippen LogP) is 4.67. The Hall–Kier alpha value is -3.94. The zero-order chi connectivity index (χ0) is 18.5. The Morgan fingerprint density at radius 3 is 1.69 bits per heavy atom. The first-order valence-electron chi connectivity index (χ1n) is 7.66. The highest BCUT2D eigenvalue weighted by atomic mass is 16.6. The van der Waals surface area contributed by atoms with Gasteiger partial charge in [0.05, 0.1) is 21.2 Å². The summed E-state index contributed by atoms with van der Waals surface area (Å²) in [7, 11) is 0. The second-order valence-electron chi connectivity index (χ2n) is 5.31. The van der Waals surface area contributed by atoms with Crippen LogP contribution < -0.4 is 10.4 Å². The first kappa shape index (κ1) is 16.9. The highest BCUT2D eigenvalue weighted by molar-refractivity contribution is 5.76. The molecule has 0 aromatic heterocycles. The fourth-order valence-electron chi connectivity index (χ4n) is 2.51. The third-order valence-corrected chi connectivity index (χ3v) is 3.66. The van der Waals surface area contributed by atoms with E-state index < -0.39 is 21.2 Å². The lowest BCUT2D eigenvalue weighted by Gasteiger charge is -2.26. The minimum absolute atomic E-state index is 0.0249. The number of hydrogen-bond donors (Lipinski definition) is 1. The number of hydrogen-bond acceptors (Lipinski definition) is 6. The number of hydrazine groups is 1. The molecule has 0 saturated carbocycles. The first-order chi connectivity index (χ1) is 12.6. The molecule has 0 amide bonds. The third kappa shape index (κ3) is 3.44. The van der Waals surface area contributed by atoms with Crippen molar-refractivity contribution >= 4 is 28.4 Å². The normalized spacial score (nSPS) is 10.2. The van der Waals surface area contributed by atoms with Gasteiger partial charge in [-0.15, -0.1) is 0 Å². The number of nitrogens with one attached hydrogen (secondary N) is 1. The lowest BCUT2D eigenvalue weighted by Crippen LogP contribution is -2.25.